The lowest BCUT2D eigenvalue weighted by Gasteiger charge is -2.06. The Morgan fingerprint density at radius 2 is 0.676 bits per heavy atom. The van der Waals surface area contributed by atoms with Crippen molar-refractivity contribution < 1.29 is 19.1 Å². The van der Waals surface area contributed by atoms with Crippen molar-refractivity contribution in [3.05, 3.63) is 25.3 Å². The molecule has 0 aliphatic rings. The second kappa shape index (κ2) is 30.6. The third kappa shape index (κ3) is 30.5. The minimum Gasteiger partial charge on any atom is -0.466 e. The number of allylic oxidation sites excluding steroid dienone is 2. The third-order valence-electron chi connectivity index (χ3n) is 6.89. The molecule has 4 nitrogen and oxygen atoms in total. The summed E-state index contributed by atoms with van der Waals surface area (Å²) in [5.74, 6) is -0.0503. The summed E-state index contributed by atoms with van der Waals surface area (Å²) >= 11 is 0. The molecule has 0 radical (unpaired) electrons. The number of hydrogen-bond donors (Lipinski definition) is 0. The molecular weight excluding hydrogens is 460 g/mol. The average Bonchev–Trinajstić information content (AvgIpc) is 2.89. The van der Waals surface area contributed by atoms with Crippen LogP contribution in [0.15, 0.2) is 25.3 Å². The van der Waals surface area contributed by atoms with Gasteiger partial charge in [0.05, 0.1) is 13.2 Å². The van der Waals surface area contributed by atoms with Crippen molar-refractivity contribution >= 4 is 11.9 Å². The van der Waals surface area contributed by atoms with Gasteiger partial charge in [-0.25, -0.2) is 0 Å². The first kappa shape index (κ1) is 35.4. The van der Waals surface area contributed by atoms with Crippen molar-refractivity contribution in [1.29, 1.82) is 0 Å². The van der Waals surface area contributed by atoms with Crippen molar-refractivity contribution in [2.45, 2.75) is 161 Å². The fourth-order valence-electron chi connectivity index (χ4n) is 4.49. The standard InChI is InChI=1S/C33H60O4/c1-3-5-7-9-11-16-20-24-28-32(34)36-30-26-22-18-14-13-15-19-23-27-31-37-33(35)29-25-21-17-12-10-8-6-4-2/h3-4H,1-2,5-31H2. The van der Waals surface area contributed by atoms with Crippen LogP contribution < -0.4 is 0 Å². The highest BCUT2D eigenvalue weighted by molar-refractivity contribution is 5.69. The molecule has 0 aromatic carbocycles. The zero-order valence-electron chi connectivity index (χ0n) is 24.3. The summed E-state index contributed by atoms with van der Waals surface area (Å²) in [6.07, 6.45) is 32.0. The van der Waals surface area contributed by atoms with Gasteiger partial charge in [-0.2, -0.15) is 0 Å². The van der Waals surface area contributed by atoms with Crippen molar-refractivity contribution in [3.8, 4) is 0 Å². The molecule has 0 N–H and O–H groups in total. The van der Waals surface area contributed by atoms with Gasteiger partial charge in [0.2, 0.25) is 0 Å². The van der Waals surface area contributed by atoms with E-state index in [2.05, 4.69) is 13.2 Å². The maximum Gasteiger partial charge on any atom is 0.305 e. The van der Waals surface area contributed by atoms with Gasteiger partial charge in [-0.3, -0.25) is 9.59 Å². The van der Waals surface area contributed by atoms with Crippen LogP contribution in [0.1, 0.15) is 161 Å². The molecule has 0 aliphatic heterocycles. The second-order valence-electron chi connectivity index (χ2n) is 10.5. The maximum absolute atomic E-state index is 11.8. The number of hydrogen-bond acceptors (Lipinski definition) is 4. The number of esters is 2. The van der Waals surface area contributed by atoms with Gasteiger partial charge in [-0.15, -0.1) is 13.2 Å². The van der Waals surface area contributed by atoms with E-state index in [1.807, 2.05) is 12.2 Å². The fourth-order valence-corrected chi connectivity index (χ4v) is 4.49. The monoisotopic (exact) mass is 520 g/mol. The summed E-state index contributed by atoms with van der Waals surface area (Å²) in [5.41, 5.74) is 0. The molecule has 0 aromatic rings. The first-order valence-electron chi connectivity index (χ1n) is 15.7. The number of rotatable bonds is 30. The Balaban J connectivity index is 3.22. The molecule has 4 heteroatoms. The highest BCUT2D eigenvalue weighted by Crippen LogP contribution is 2.12. The first-order valence-corrected chi connectivity index (χ1v) is 15.7. The number of carbonyl (C=O) groups excluding carboxylic acids is 2. The average molecular weight is 521 g/mol. The lowest BCUT2D eigenvalue weighted by atomic mass is 10.1. The van der Waals surface area contributed by atoms with E-state index in [0.717, 1.165) is 64.2 Å². The Morgan fingerprint density at radius 3 is 1.00 bits per heavy atom. The third-order valence-corrected chi connectivity index (χ3v) is 6.89. The van der Waals surface area contributed by atoms with Gasteiger partial charge in [0.15, 0.2) is 0 Å². The summed E-state index contributed by atoms with van der Waals surface area (Å²) in [4.78, 5) is 23.6. The highest BCUT2D eigenvalue weighted by atomic mass is 16.5. The van der Waals surface area contributed by atoms with Crippen LogP contribution in [0.2, 0.25) is 0 Å². The lowest BCUT2D eigenvalue weighted by Crippen LogP contribution is -2.05. The van der Waals surface area contributed by atoms with E-state index in [-0.39, 0.29) is 11.9 Å². The Bertz CT molecular complexity index is 482. The van der Waals surface area contributed by atoms with Crippen molar-refractivity contribution in [2.24, 2.45) is 0 Å². The molecule has 0 amide bonds. The number of ether oxygens (including phenoxy) is 2. The maximum atomic E-state index is 11.8. The second-order valence-corrected chi connectivity index (χ2v) is 10.5. The van der Waals surface area contributed by atoms with E-state index >= 15 is 0 Å². The SMILES string of the molecule is C=CCCCCCCCCC(=O)OCCCCCCCCCCCOC(=O)CCCCCCCCC=C. The molecule has 0 aromatic heterocycles. The summed E-state index contributed by atoms with van der Waals surface area (Å²) in [6, 6.07) is 0. The van der Waals surface area contributed by atoms with E-state index in [9.17, 15) is 9.59 Å². The topological polar surface area (TPSA) is 52.6 Å². The normalized spacial score (nSPS) is 10.8. The van der Waals surface area contributed by atoms with Crippen molar-refractivity contribution in [2.75, 3.05) is 13.2 Å². The molecule has 0 unspecified atom stereocenters. The number of unbranched alkanes of at least 4 members (excludes halogenated alkanes) is 20. The summed E-state index contributed by atoms with van der Waals surface area (Å²) in [7, 11) is 0. The molecule has 216 valence electrons. The Kier molecular flexibility index (Phi) is 29.3. The zero-order valence-corrected chi connectivity index (χ0v) is 24.3. The van der Waals surface area contributed by atoms with Crippen LogP contribution in [0, 0.1) is 0 Å². The van der Waals surface area contributed by atoms with Gasteiger partial charge in [-0.1, -0.05) is 108 Å². The van der Waals surface area contributed by atoms with Gasteiger partial charge >= 0.3 is 11.9 Å². The Hall–Kier alpha value is -1.58. The molecule has 0 rings (SSSR count). The quantitative estimate of drug-likeness (QED) is 0.0537. The zero-order chi connectivity index (χ0) is 27.1. The Labute approximate surface area is 230 Å². The van der Waals surface area contributed by atoms with Gasteiger partial charge in [0, 0.05) is 12.8 Å². The molecule has 0 saturated carbocycles. The minimum absolute atomic E-state index is 0.0252. The largest absolute Gasteiger partial charge is 0.466 e. The molecule has 0 aliphatic carbocycles. The van der Waals surface area contributed by atoms with Gasteiger partial charge in [0.1, 0.15) is 0 Å². The van der Waals surface area contributed by atoms with Crippen LogP contribution in [-0.2, 0) is 19.1 Å². The smallest absolute Gasteiger partial charge is 0.305 e. The molecular formula is C33H60O4. The van der Waals surface area contributed by atoms with E-state index in [0.29, 0.717) is 26.1 Å². The number of carbonyl (C=O) groups is 2. The summed E-state index contributed by atoms with van der Waals surface area (Å²) < 4.78 is 10.7. The van der Waals surface area contributed by atoms with E-state index in [4.69, 9.17) is 9.47 Å². The van der Waals surface area contributed by atoms with Crippen LogP contribution in [0.25, 0.3) is 0 Å². The van der Waals surface area contributed by atoms with Crippen LogP contribution in [-0.4, -0.2) is 25.2 Å². The Morgan fingerprint density at radius 1 is 0.405 bits per heavy atom. The summed E-state index contributed by atoms with van der Waals surface area (Å²) in [5, 5.41) is 0. The van der Waals surface area contributed by atoms with Crippen LogP contribution in [0.4, 0.5) is 0 Å². The predicted octanol–water partition coefficient (Wildman–Crippen LogP) is 10.2. The molecule has 0 heterocycles. The molecule has 0 spiro atoms. The molecule has 0 atom stereocenters. The van der Waals surface area contributed by atoms with Crippen molar-refractivity contribution in [3.63, 3.8) is 0 Å². The van der Waals surface area contributed by atoms with Gasteiger partial charge in [-0.05, 0) is 51.4 Å². The van der Waals surface area contributed by atoms with E-state index in [1.165, 1.54) is 83.5 Å². The van der Waals surface area contributed by atoms with E-state index in [1.54, 1.807) is 0 Å². The molecule has 0 bridgehead atoms. The van der Waals surface area contributed by atoms with Crippen molar-refractivity contribution in [1.82, 2.24) is 0 Å². The summed E-state index contributed by atoms with van der Waals surface area (Å²) in [6.45, 7) is 8.65. The molecule has 37 heavy (non-hydrogen) atoms. The van der Waals surface area contributed by atoms with Crippen LogP contribution in [0.5, 0.6) is 0 Å². The highest BCUT2D eigenvalue weighted by Gasteiger charge is 2.04. The first-order chi connectivity index (χ1) is 18.2. The fraction of sp³-hybridized carbons (Fsp3) is 0.818. The van der Waals surface area contributed by atoms with Crippen LogP contribution in [0.3, 0.4) is 0 Å². The minimum atomic E-state index is -0.0252. The molecule has 0 fully saturated rings. The van der Waals surface area contributed by atoms with Gasteiger partial charge < -0.3 is 9.47 Å². The van der Waals surface area contributed by atoms with Crippen LogP contribution >= 0.6 is 0 Å². The lowest BCUT2D eigenvalue weighted by molar-refractivity contribution is -0.144. The van der Waals surface area contributed by atoms with Gasteiger partial charge in [0.25, 0.3) is 0 Å². The molecule has 0 saturated heterocycles. The predicted molar refractivity (Wildman–Crippen MR) is 158 cm³/mol. The van der Waals surface area contributed by atoms with E-state index < -0.39 is 0 Å².